The molecule has 6 nitrogen and oxygen atoms in total. The van der Waals surface area contributed by atoms with Gasteiger partial charge < -0.3 is 10.3 Å². The van der Waals surface area contributed by atoms with E-state index in [4.69, 9.17) is 11.6 Å². The van der Waals surface area contributed by atoms with Crippen molar-refractivity contribution < 1.29 is 4.79 Å². The van der Waals surface area contributed by atoms with Gasteiger partial charge in [0.15, 0.2) is 0 Å². The third kappa shape index (κ3) is 3.35. The average molecular weight is 443 g/mol. The molecule has 0 bridgehead atoms. The van der Waals surface area contributed by atoms with Gasteiger partial charge in [0.25, 0.3) is 11.5 Å². The molecule has 0 unspecified atom stereocenters. The second kappa shape index (κ2) is 7.98. The first-order valence-electron chi connectivity index (χ1n) is 10.2. The zero-order chi connectivity index (χ0) is 22.2. The lowest BCUT2D eigenvalue weighted by atomic mass is 10.1. The number of carbonyl (C=O) groups excluding carboxylic acids is 1. The third-order valence-corrected chi connectivity index (χ3v) is 5.84. The summed E-state index contributed by atoms with van der Waals surface area (Å²) >= 11 is 6.37. The maximum absolute atomic E-state index is 13.5. The Morgan fingerprint density at radius 2 is 1.84 bits per heavy atom. The van der Waals surface area contributed by atoms with E-state index in [1.54, 1.807) is 29.1 Å². The molecule has 2 N–H and O–H groups in total. The Kier molecular flexibility index (Phi) is 4.99. The molecule has 158 valence electrons. The highest BCUT2D eigenvalue weighted by molar-refractivity contribution is 6.35. The van der Waals surface area contributed by atoms with Crippen LogP contribution in [0.4, 0.5) is 0 Å². The van der Waals surface area contributed by atoms with E-state index in [2.05, 4.69) is 15.3 Å². The minimum absolute atomic E-state index is 0.232. The Morgan fingerprint density at radius 1 is 1.06 bits per heavy atom. The van der Waals surface area contributed by atoms with Gasteiger partial charge in [-0.2, -0.15) is 0 Å². The molecule has 2 aromatic heterocycles. The van der Waals surface area contributed by atoms with Crippen molar-refractivity contribution in [1.29, 1.82) is 0 Å². The quantitative estimate of drug-likeness (QED) is 0.410. The normalized spacial score (nSPS) is 12.2. The van der Waals surface area contributed by atoms with Crippen LogP contribution in [-0.4, -0.2) is 20.4 Å². The first-order chi connectivity index (χ1) is 15.5. The van der Waals surface area contributed by atoms with Crippen LogP contribution in [0.1, 0.15) is 29.0 Å². The fourth-order valence-corrected chi connectivity index (χ4v) is 4.26. The number of para-hydroxylation sites is 2. The molecular weight excluding hydrogens is 424 g/mol. The zero-order valence-electron chi connectivity index (χ0n) is 17.2. The van der Waals surface area contributed by atoms with Gasteiger partial charge in [-0.25, -0.2) is 4.98 Å². The SMILES string of the molecule is C[C@H](NC(=O)c1cccc2[nH]cnc12)c1cc2cccc(Cl)c2c(=O)n1-c1ccccc1. The lowest BCUT2D eigenvalue weighted by Gasteiger charge is -2.21. The second-order valence-corrected chi connectivity index (χ2v) is 7.96. The van der Waals surface area contributed by atoms with Crippen molar-refractivity contribution in [3.05, 3.63) is 106 Å². The van der Waals surface area contributed by atoms with Crippen LogP contribution in [0.5, 0.6) is 0 Å². The second-order valence-electron chi connectivity index (χ2n) is 7.55. The van der Waals surface area contributed by atoms with Crippen LogP contribution < -0.4 is 10.9 Å². The van der Waals surface area contributed by atoms with Crippen LogP contribution in [0.25, 0.3) is 27.5 Å². The number of rotatable bonds is 4. The smallest absolute Gasteiger partial charge is 0.264 e. The molecule has 0 fully saturated rings. The lowest BCUT2D eigenvalue weighted by molar-refractivity contribution is 0.0940. The van der Waals surface area contributed by atoms with Crippen molar-refractivity contribution in [2.45, 2.75) is 13.0 Å². The molecule has 5 rings (SSSR count). The van der Waals surface area contributed by atoms with Crippen LogP contribution in [0, 0.1) is 0 Å². The fourth-order valence-electron chi connectivity index (χ4n) is 4.00. The number of nitrogens with zero attached hydrogens (tertiary/aromatic N) is 2. The Balaban J connectivity index is 1.63. The number of aromatic amines is 1. The number of pyridine rings is 1. The van der Waals surface area contributed by atoms with E-state index in [0.29, 0.717) is 32.9 Å². The van der Waals surface area contributed by atoms with Crippen LogP contribution >= 0.6 is 11.6 Å². The summed E-state index contributed by atoms with van der Waals surface area (Å²) in [7, 11) is 0. The van der Waals surface area contributed by atoms with Gasteiger partial charge >= 0.3 is 0 Å². The minimum atomic E-state index is -0.465. The molecule has 2 heterocycles. The summed E-state index contributed by atoms with van der Waals surface area (Å²) in [5.74, 6) is -0.270. The number of H-pyrrole nitrogens is 1. The summed E-state index contributed by atoms with van der Waals surface area (Å²) in [6.45, 7) is 1.85. The summed E-state index contributed by atoms with van der Waals surface area (Å²) in [5.41, 5.74) is 2.97. The fraction of sp³-hybridized carbons (Fsp3) is 0.0800. The molecule has 0 saturated carbocycles. The van der Waals surface area contributed by atoms with Gasteiger partial charge in [0.2, 0.25) is 0 Å². The summed E-state index contributed by atoms with van der Waals surface area (Å²) < 4.78 is 1.61. The number of fused-ring (bicyclic) bond motifs is 2. The topological polar surface area (TPSA) is 79.8 Å². The Hall–Kier alpha value is -3.90. The molecule has 0 spiro atoms. The molecule has 0 saturated heterocycles. The van der Waals surface area contributed by atoms with Crippen molar-refractivity contribution in [3.8, 4) is 5.69 Å². The molecule has 32 heavy (non-hydrogen) atoms. The molecule has 1 amide bonds. The van der Waals surface area contributed by atoms with E-state index in [0.717, 1.165) is 10.9 Å². The number of aromatic nitrogens is 3. The van der Waals surface area contributed by atoms with Gasteiger partial charge in [-0.3, -0.25) is 14.2 Å². The van der Waals surface area contributed by atoms with Gasteiger partial charge in [-0.15, -0.1) is 0 Å². The van der Waals surface area contributed by atoms with Gasteiger partial charge in [0, 0.05) is 11.4 Å². The first-order valence-corrected chi connectivity index (χ1v) is 10.5. The van der Waals surface area contributed by atoms with Crippen LogP contribution in [0.2, 0.25) is 5.02 Å². The summed E-state index contributed by atoms with van der Waals surface area (Å²) in [5, 5.41) is 4.59. The monoisotopic (exact) mass is 442 g/mol. The van der Waals surface area contributed by atoms with Crippen LogP contribution in [0.15, 0.2) is 83.9 Å². The molecule has 3 aromatic carbocycles. The number of imidazole rings is 1. The molecule has 0 radical (unpaired) electrons. The highest BCUT2D eigenvalue weighted by Gasteiger charge is 2.20. The number of nitrogens with one attached hydrogen (secondary N) is 2. The first kappa shape index (κ1) is 20.0. The van der Waals surface area contributed by atoms with Gasteiger partial charge in [0.05, 0.1) is 33.9 Å². The molecule has 1 atom stereocenters. The van der Waals surface area contributed by atoms with Crippen molar-refractivity contribution in [3.63, 3.8) is 0 Å². The number of hydrogen-bond donors (Lipinski definition) is 2. The maximum atomic E-state index is 13.5. The largest absolute Gasteiger partial charge is 0.345 e. The molecular formula is C25H19ClN4O2. The Bertz CT molecular complexity index is 1520. The predicted octanol–water partition coefficient (Wildman–Crippen LogP) is 5.01. The van der Waals surface area contributed by atoms with E-state index in [1.807, 2.05) is 61.5 Å². The summed E-state index contributed by atoms with van der Waals surface area (Å²) in [6.07, 6.45) is 1.56. The van der Waals surface area contributed by atoms with Crippen LogP contribution in [0.3, 0.4) is 0 Å². The average Bonchev–Trinajstić information content (AvgIpc) is 3.28. The Morgan fingerprint density at radius 3 is 2.66 bits per heavy atom. The molecule has 0 aliphatic heterocycles. The predicted molar refractivity (Wildman–Crippen MR) is 127 cm³/mol. The molecule has 7 heteroatoms. The van der Waals surface area contributed by atoms with E-state index in [9.17, 15) is 9.59 Å². The Labute approximate surface area is 188 Å². The van der Waals surface area contributed by atoms with E-state index >= 15 is 0 Å². The summed E-state index contributed by atoms with van der Waals surface area (Å²) in [6, 6.07) is 21.5. The van der Waals surface area contributed by atoms with E-state index in [1.165, 1.54) is 0 Å². The number of hydrogen-bond acceptors (Lipinski definition) is 3. The van der Waals surface area contributed by atoms with E-state index < -0.39 is 6.04 Å². The molecule has 0 aliphatic carbocycles. The van der Waals surface area contributed by atoms with Crippen molar-refractivity contribution >= 4 is 39.3 Å². The number of halogens is 1. The lowest BCUT2D eigenvalue weighted by Crippen LogP contribution is -2.32. The van der Waals surface area contributed by atoms with Crippen molar-refractivity contribution in [1.82, 2.24) is 19.9 Å². The number of carbonyl (C=O) groups is 1. The number of benzene rings is 3. The standard InChI is InChI=1S/C25H19ClN4O2/c1-15(29-24(31)18-10-6-12-20-23(18)28-14-27-20)21-13-16-7-5-11-19(26)22(16)25(32)30(21)17-8-3-2-4-9-17/h2-15H,1H3,(H,27,28)(H,29,31)/t15-/m0/s1. The third-order valence-electron chi connectivity index (χ3n) is 5.52. The van der Waals surface area contributed by atoms with E-state index in [-0.39, 0.29) is 11.5 Å². The van der Waals surface area contributed by atoms with Crippen LogP contribution in [-0.2, 0) is 0 Å². The molecule has 5 aromatic rings. The van der Waals surface area contributed by atoms with Crippen molar-refractivity contribution in [2.75, 3.05) is 0 Å². The zero-order valence-corrected chi connectivity index (χ0v) is 17.9. The minimum Gasteiger partial charge on any atom is -0.345 e. The maximum Gasteiger partial charge on any atom is 0.264 e. The van der Waals surface area contributed by atoms with Gasteiger partial charge in [0.1, 0.15) is 5.52 Å². The molecule has 0 aliphatic rings. The van der Waals surface area contributed by atoms with Crippen molar-refractivity contribution in [2.24, 2.45) is 0 Å². The highest BCUT2D eigenvalue weighted by atomic mass is 35.5. The van der Waals surface area contributed by atoms with Gasteiger partial charge in [-0.1, -0.05) is 48.0 Å². The number of amides is 1. The summed E-state index contributed by atoms with van der Waals surface area (Å²) in [4.78, 5) is 33.9. The highest BCUT2D eigenvalue weighted by Crippen LogP contribution is 2.26. The van der Waals surface area contributed by atoms with Gasteiger partial charge in [-0.05, 0) is 48.7 Å².